The number of amides is 1. The van der Waals surface area contributed by atoms with E-state index in [-0.39, 0.29) is 10.8 Å². The first kappa shape index (κ1) is 30.6. The minimum atomic E-state index is -0.567. The molecule has 1 aromatic heterocycles. The topological polar surface area (TPSA) is 99.5 Å². The molecule has 4 rings (SSSR count). The van der Waals surface area contributed by atoms with E-state index in [9.17, 15) is 14.4 Å². The molecule has 41 heavy (non-hydrogen) atoms. The van der Waals surface area contributed by atoms with Crippen LogP contribution in [0.15, 0.2) is 42.5 Å². The smallest absolute Gasteiger partial charge is 0.341 e. The molecule has 1 amide bonds. The number of fused-ring (bicyclic) bond motifs is 1. The van der Waals surface area contributed by atoms with E-state index >= 15 is 0 Å². The lowest BCUT2D eigenvalue weighted by Crippen LogP contribution is -2.19. The molecule has 1 heterocycles. The Morgan fingerprint density at radius 3 is 2.71 bits per heavy atom. The highest BCUT2D eigenvalue weighted by molar-refractivity contribution is 8.14. The molecule has 0 aliphatic heterocycles. The Kier molecular flexibility index (Phi) is 11.7. The second-order valence-corrected chi connectivity index (χ2v) is 11.8. The summed E-state index contributed by atoms with van der Waals surface area (Å²) in [7, 11) is 2.85. The van der Waals surface area contributed by atoms with Crippen molar-refractivity contribution in [3.05, 3.63) is 59.4 Å². The van der Waals surface area contributed by atoms with Crippen LogP contribution in [-0.2, 0) is 28.9 Å². The van der Waals surface area contributed by atoms with Gasteiger partial charge in [-0.15, -0.1) is 0 Å². The number of carbonyl (C=O) groups excluding carboxylic acids is 3. The molecule has 0 saturated heterocycles. The predicted octanol–water partition coefficient (Wildman–Crippen LogP) is 6.38. The number of aldehydes is 1. The van der Waals surface area contributed by atoms with Crippen molar-refractivity contribution in [1.29, 1.82) is 0 Å². The monoisotopic (exact) mass is 579 g/mol. The van der Waals surface area contributed by atoms with E-state index in [0.29, 0.717) is 25.3 Å². The molecular formula is C32H41N3O5S. The maximum absolute atomic E-state index is 12.6. The van der Waals surface area contributed by atoms with Gasteiger partial charge in [0.2, 0.25) is 0 Å². The first-order valence-electron chi connectivity index (χ1n) is 14.6. The molecule has 1 aliphatic rings. The summed E-state index contributed by atoms with van der Waals surface area (Å²) < 4.78 is 13.4. The summed E-state index contributed by atoms with van der Waals surface area (Å²) in [6.45, 7) is 0.944. The van der Waals surface area contributed by atoms with Gasteiger partial charge in [0, 0.05) is 13.5 Å². The van der Waals surface area contributed by atoms with Crippen LogP contribution >= 0.6 is 11.8 Å². The van der Waals surface area contributed by atoms with Crippen LogP contribution < -0.4 is 10.1 Å². The molecular weight excluding hydrogens is 538 g/mol. The number of hydrogen-bond acceptors (Lipinski definition) is 7. The zero-order valence-corrected chi connectivity index (χ0v) is 24.9. The van der Waals surface area contributed by atoms with Gasteiger partial charge in [-0.05, 0) is 48.6 Å². The summed E-state index contributed by atoms with van der Waals surface area (Å²) in [5.41, 5.74) is 3.09. The molecule has 1 unspecified atom stereocenters. The van der Waals surface area contributed by atoms with Crippen molar-refractivity contribution >= 4 is 40.3 Å². The van der Waals surface area contributed by atoms with Crippen LogP contribution in [0.5, 0.6) is 5.75 Å². The van der Waals surface area contributed by atoms with Crippen LogP contribution in [0.3, 0.4) is 0 Å². The molecule has 2 aromatic carbocycles. The Morgan fingerprint density at radius 1 is 1.15 bits per heavy atom. The highest BCUT2D eigenvalue weighted by atomic mass is 32.2. The molecule has 220 valence electrons. The van der Waals surface area contributed by atoms with Gasteiger partial charge in [-0.1, -0.05) is 74.9 Å². The lowest BCUT2D eigenvalue weighted by molar-refractivity contribution is -0.107. The van der Waals surface area contributed by atoms with Gasteiger partial charge in [0.05, 0.1) is 29.9 Å². The number of benzene rings is 2. The van der Waals surface area contributed by atoms with E-state index in [2.05, 4.69) is 16.0 Å². The fourth-order valence-corrected chi connectivity index (χ4v) is 6.37. The van der Waals surface area contributed by atoms with E-state index in [1.165, 1.54) is 59.1 Å². The molecule has 0 spiro atoms. The number of aryl methyl sites for hydroxylation is 1. The van der Waals surface area contributed by atoms with Gasteiger partial charge < -0.3 is 24.2 Å². The molecule has 0 bridgehead atoms. The van der Waals surface area contributed by atoms with Crippen LogP contribution in [0, 0.1) is 5.92 Å². The molecule has 8 nitrogen and oxygen atoms in total. The summed E-state index contributed by atoms with van der Waals surface area (Å²) in [5.74, 6) is 1.86. The van der Waals surface area contributed by atoms with E-state index in [4.69, 9.17) is 14.5 Å². The number of aromatic nitrogens is 2. The van der Waals surface area contributed by atoms with Crippen LogP contribution in [0.1, 0.15) is 73.1 Å². The first-order valence-corrected chi connectivity index (χ1v) is 15.5. The number of imidazole rings is 1. The minimum absolute atomic E-state index is 0.286. The number of para-hydroxylation sites is 2. The normalized spacial score (nSPS) is 14.5. The number of nitrogens with zero attached hydrogens (tertiary/aromatic N) is 2. The number of nitrogens with one attached hydrogen (secondary N) is 1. The third-order valence-corrected chi connectivity index (χ3v) is 8.79. The highest BCUT2D eigenvalue weighted by Gasteiger charge is 2.19. The number of rotatable bonds is 14. The van der Waals surface area contributed by atoms with Crippen molar-refractivity contribution in [3.8, 4) is 5.75 Å². The van der Waals surface area contributed by atoms with E-state index in [1.54, 1.807) is 12.1 Å². The molecule has 9 heteroatoms. The van der Waals surface area contributed by atoms with Crippen molar-refractivity contribution in [2.24, 2.45) is 5.92 Å². The molecule has 0 radical (unpaired) electrons. The summed E-state index contributed by atoms with van der Waals surface area (Å²) in [6.07, 6.45) is 12.6. The molecule has 1 fully saturated rings. The molecule has 1 aliphatic carbocycles. The first-order chi connectivity index (χ1) is 20.0. The molecule has 1 N–H and O–H groups in total. The number of hydrogen-bond donors (Lipinski definition) is 1. The van der Waals surface area contributed by atoms with Crippen molar-refractivity contribution in [3.63, 3.8) is 0 Å². The quantitative estimate of drug-likeness (QED) is 0.134. The van der Waals surface area contributed by atoms with E-state index < -0.39 is 11.2 Å². The third-order valence-electron chi connectivity index (χ3n) is 7.79. The number of esters is 1. The van der Waals surface area contributed by atoms with Gasteiger partial charge in [-0.25, -0.2) is 9.78 Å². The predicted molar refractivity (Wildman–Crippen MR) is 163 cm³/mol. The van der Waals surface area contributed by atoms with Crippen LogP contribution in [0.25, 0.3) is 11.0 Å². The standard InChI is InChI=1S/C32H41N3O5S/c1-33-32(38)41-25(22-36)20-24-16-17-29(26(21-24)31(37)39-2)40-19-18-35-28-14-8-7-13-27(28)34-30(35)15-9-6-12-23-10-4-3-5-11-23/h7-8,13-14,16-17,21-23,25H,3-6,9-12,15,18-20H2,1-2H3,(H,33,38). The summed E-state index contributed by atoms with van der Waals surface area (Å²) >= 11 is 0.918. The van der Waals surface area contributed by atoms with Gasteiger partial charge in [-0.3, -0.25) is 4.79 Å². The number of unbranched alkanes of at least 4 members (excludes halogenated alkanes) is 1. The summed E-state index contributed by atoms with van der Waals surface area (Å²) in [6, 6.07) is 13.4. The van der Waals surface area contributed by atoms with Crippen LogP contribution in [-0.4, -0.2) is 53.1 Å². The number of carbonyl (C=O) groups is 3. The Morgan fingerprint density at radius 2 is 1.95 bits per heavy atom. The summed E-state index contributed by atoms with van der Waals surface area (Å²) in [5, 5.41) is 1.65. The second kappa shape index (κ2) is 15.6. The van der Waals surface area contributed by atoms with Crippen molar-refractivity contribution < 1.29 is 23.9 Å². The van der Waals surface area contributed by atoms with Gasteiger partial charge in [0.15, 0.2) is 0 Å². The number of ether oxygens (including phenoxy) is 2. The van der Waals surface area contributed by atoms with E-state index in [1.807, 2.05) is 24.3 Å². The number of methoxy groups -OCH3 is 1. The zero-order chi connectivity index (χ0) is 29.0. The van der Waals surface area contributed by atoms with E-state index in [0.717, 1.165) is 59.2 Å². The second-order valence-electron chi connectivity index (χ2n) is 10.6. The van der Waals surface area contributed by atoms with Gasteiger partial charge in [0.25, 0.3) is 5.24 Å². The highest BCUT2D eigenvalue weighted by Crippen LogP contribution is 2.28. The minimum Gasteiger partial charge on any atom is -0.491 e. The van der Waals surface area contributed by atoms with Crippen LogP contribution in [0.2, 0.25) is 0 Å². The maximum Gasteiger partial charge on any atom is 0.341 e. The Bertz CT molecular complexity index is 1320. The molecule has 1 atom stereocenters. The van der Waals surface area contributed by atoms with Gasteiger partial charge in [-0.2, -0.15) is 0 Å². The third kappa shape index (κ3) is 8.58. The average Bonchev–Trinajstić information content (AvgIpc) is 3.36. The maximum atomic E-state index is 12.6. The van der Waals surface area contributed by atoms with Crippen LogP contribution in [0.4, 0.5) is 4.79 Å². The Hall–Kier alpha value is -3.33. The lowest BCUT2D eigenvalue weighted by atomic mass is 9.85. The molecule has 3 aromatic rings. The van der Waals surface area contributed by atoms with Gasteiger partial charge in [0.1, 0.15) is 30.0 Å². The Balaban J connectivity index is 1.41. The molecule has 1 saturated carbocycles. The average molecular weight is 580 g/mol. The van der Waals surface area contributed by atoms with Crippen molar-refractivity contribution in [2.75, 3.05) is 20.8 Å². The largest absolute Gasteiger partial charge is 0.491 e. The van der Waals surface area contributed by atoms with Gasteiger partial charge >= 0.3 is 5.97 Å². The zero-order valence-electron chi connectivity index (χ0n) is 24.1. The Labute approximate surface area is 246 Å². The van der Waals surface area contributed by atoms with Crippen molar-refractivity contribution in [2.45, 2.75) is 76.0 Å². The SMILES string of the molecule is CNC(=O)SC(C=O)Cc1ccc(OCCn2c(CCCCC3CCCCC3)nc3ccccc32)c(C(=O)OC)c1. The number of thioether (sulfide) groups is 1. The summed E-state index contributed by atoms with van der Waals surface area (Å²) in [4.78, 5) is 40.7. The fraction of sp³-hybridized carbons (Fsp3) is 0.500. The lowest BCUT2D eigenvalue weighted by Gasteiger charge is -2.21. The fourth-order valence-electron chi connectivity index (χ4n) is 5.65. The van der Waals surface area contributed by atoms with Crippen molar-refractivity contribution in [1.82, 2.24) is 14.9 Å².